The number of carboxylic acids is 1. The van der Waals surface area contributed by atoms with E-state index >= 15 is 0 Å². The quantitative estimate of drug-likeness (QED) is 0.404. The van der Waals surface area contributed by atoms with Gasteiger partial charge in [-0.05, 0) is 28.8 Å². The summed E-state index contributed by atoms with van der Waals surface area (Å²) in [4.78, 5) is 42.0. The van der Waals surface area contributed by atoms with Gasteiger partial charge in [-0.3, -0.25) is 14.4 Å². The van der Waals surface area contributed by atoms with Crippen molar-refractivity contribution in [2.75, 3.05) is 6.54 Å². The number of amides is 1. The second-order valence-electron chi connectivity index (χ2n) is 7.25. The molecule has 0 saturated carbocycles. The number of pyridine rings is 1. The molecule has 4 rings (SSSR count). The molecule has 8 nitrogen and oxygen atoms in total. The van der Waals surface area contributed by atoms with E-state index < -0.39 is 35.3 Å². The fraction of sp³-hybridized carbons (Fsp3) is 0.0800. The normalized spacial score (nSPS) is 10.7. The van der Waals surface area contributed by atoms with E-state index in [2.05, 4.69) is 5.32 Å². The highest BCUT2D eigenvalue weighted by molar-refractivity contribution is 6.03. The average molecular weight is 444 g/mol. The first kappa shape index (κ1) is 21.6. The van der Waals surface area contributed by atoms with E-state index in [9.17, 15) is 19.5 Å². The Kier molecular flexibility index (Phi) is 6.08. The number of aromatic nitrogens is 1. The Hall–Kier alpha value is -4.59. The number of rotatable bonds is 7. The van der Waals surface area contributed by atoms with Crippen LogP contribution in [0.5, 0.6) is 5.75 Å². The fourth-order valence-corrected chi connectivity index (χ4v) is 3.44. The molecule has 8 heteroatoms. The SMILES string of the molecule is O=C(O)CNC(=O)c1c(O)c2ccccc2n(OCc2ccc(-c3ccccc3)cc2)c1=O. The zero-order chi connectivity index (χ0) is 23.4. The lowest BCUT2D eigenvalue weighted by atomic mass is 10.0. The van der Waals surface area contributed by atoms with Crippen LogP contribution in [0.1, 0.15) is 15.9 Å². The van der Waals surface area contributed by atoms with Crippen LogP contribution in [0.25, 0.3) is 22.0 Å². The van der Waals surface area contributed by atoms with Gasteiger partial charge in [-0.1, -0.05) is 66.7 Å². The van der Waals surface area contributed by atoms with Gasteiger partial charge < -0.3 is 20.4 Å². The molecule has 0 saturated heterocycles. The van der Waals surface area contributed by atoms with Crippen LogP contribution in [0.2, 0.25) is 0 Å². The van der Waals surface area contributed by atoms with Crippen molar-refractivity contribution in [3.8, 4) is 16.9 Å². The Balaban J connectivity index is 1.65. The summed E-state index contributed by atoms with van der Waals surface area (Å²) < 4.78 is 0.940. The highest BCUT2D eigenvalue weighted by atomic mass is 16.7. The molecule has 0 aliphatic carbocycles. The van der Waals surface area contributed by atoms with Crippen molar-refractivity contribution in [1.29, 1.82) is 0 Å². The van der Waals surface area contributed by atoms with Gasteiger partial charge in [0, 0.05) is 5.39 Å². The van der Waals surface area contributed by atoms with Gasteiger partial charge in [0.15, 0.2) is 5.56 Å². The summed E-state index contributed by atoms with van der Waals surface area (Å²) in [6.45, 7) is -0.668. The molecule has 1 amide bonds. The maximum atomic E-state index is 13.0. The lowest BCUT2D eigenvalue weighted by molar-refractivity contribution is -0.135. The number of aromatic hydroxyl groups is 1. The van der Waals surface area contributed by atoms with E-state index in [4.69, 9.17) is 9.94 Å². The van der Waals surface area contributed by atoms with E-state index in [-0.39, 0.29) is 17.5 Å². The highest BCUT2D eigenvalue weighted by Crippen LogP contribution is 2.26. The van der Waals surface area contributed by atoms with Crippen molar-refractivity contribution in [3.05, 3.63) is 100 Å². The van der Waals surface area contributed by atoms with E-state index in [0.29, 0.717) is 0 Å². The number of fused-ring (bicyclic) bond motifs is 1. The van der Waals surface area contributed by atoms with Crippen LogP contribution in [-0.2, 0) is 11.4 Å². The summed E-state index contributed by atoms with van der Waals surface area (Å²) in [6.07, 6.45) is 0. The van der Waals surface area contributed by atoms with E-state index in [0.717, 1.165) is 21.4 Å². The molecule has 0 unspecified atom stereocenters. The number of nitrogens with one attached hydrogen (secondary N) is 1. The number of nitrogens with zero attached hydrogens (tertiary/aromatic N) is 1. The van der Waals surface area contributed by atoms with Gasteiger partial charge in [0.2, 0.25) is 0 Å². The smallest absolute Gasteiger partial charge is 0.322 e. The van der Waals surface area contributed by atoms with Crippen LogP contribution >= 0.6 is 0 Å². The second-order valence-corrected chi connectivity index (χ2v) is 7.25. The van der Waals surface area contributed by atoms with Crippen molar-refractivity contribution < 1.29 is 24.6 Å². The van der Waals surface area contributed by atoms with Crippen LogP contribution in [0.15, 0.2) is 83.7 Å². The third-order valence-electron chi connectivity index (χ3n) is 5.06. The molecule has 0 spiro atoms. The minimum Gasteiger partial charge on any atom is -0.506 e. The topological polar surface area (TPSA) is 118 Å². The zero-order valence-electron chi connectivity index (χ0n) is 17.4. The molecule has 1 heterocycles. The minimum absolute atomic E-state index is 0.0277. The lowest BCUT2D eigenvalue weighted by Gasteiger charge is -2.15. The molecule has 0 aliphatic heterocycles. The number of carbonyl (C=O) groups excluding carboxylic acids is 1. The van der Waals surface area contributed by atoms with E-state index in [1.54, 1.807) is 18.2 Å². The van der Waals surface area contributed by atoms with Crippen molar-refractivity contribution in [2.24, 2.45) is 0 Å². The van der Waals surface area contributed by atoms with Crippen molar-refractivity contribution in [3.63, 3.8) is 0 Å². The molecular formula is C25H20N2O6. The predicted molar refractivity (Wildman–Crippen MR) is 122 cm³/mol. The Morgan fingerprint density at radius 1 is 0.879 bits per heavy atom. The molecule has 166 valence electrons. The average Bonchev–Trinajstić information content (AvgIpc) is 2.83. The van der Waals surface area contributed by atoms with Crippen LogP contribution in [0.3, 0.4) is 0 Å². The molecule has 33 heavy (non-hydrogen) atoms. The Labute approximate surface area is 188 Å². The van der Waals surface area contributed by atoms with Crippen molar-refractivity contribution in [2.45, 2.75) is 6.61 Å². The summed E-state index contributed by atoms with van der Waals surface area (Å²) in [6, 6.07) is 23.9. The van der Waals surface area contributed by atoms with Crippen LogP contribution in [0.4, 0.5) is 0 Å². The second kappa shape index (κ2) is 9.27. The van der Waals surface area contributed by atoms with E-state index in [1.165, 1.54) is 6.07 Å². The molecule has 0 aliphatic rings. The number of carboxylic acid groups (broad SMARTS) is 1. The number of benzene rings is 3. The molecule has 0 fully saturated rings. The molecule has 0 atom stereocenters. The van der Waals surface area contributed by atoms with Gasteiger partial charge in [0.05, 0.1) is 5.52 Å². The monoisotopic (exact) mass is 444 g/mol. The summed E-state index contributed by atoms with van der Waals surface area (Å²) in [7, 11) is 0. The Morgan fingerprint density at radius 3 is 2.21 bits per heavy atom. The minimum atomic E-state index is -1.28. The van der Waals surface area contributed by atoms with Crippen LogP contribution in [0, 0.1) is 0 Å². The van der Waals surface area contributed by atoms with Gasteiger partial charge >= 0.3 is 5.97 Å². The van der Waals surface area contributed by atoms with Gasteiger partial charge in [-0.15, -0.1) is 4.73 Å². The van der Waals surface area contributed by atoms with Crippen molar-refractivity contribution in [1.82, 2.24) is 10.0 Å². The first-order valence-electron chi connectivity index (χ1n) is 10.1. The van der Waals surface area contributed by atoms with Gasteiger partial charge in [-0.2, -0.15) is 0 Å². The molecule has 3 aromatic carbocycles. The summed E-state index contributed by atoms with van der Waals surface area (Å²) in [5.41, 5.74) is 1.68. The Bertz CT molecular complexity index is 1380. The van der Waals surface area contributed by atoms with Crippen LogP contribution in [-0.4, -0.2) is 33.4 Å². The van der Waals surface area contributed by atoms with Gasteiger partial charge in [0.25, 0.3) is 11.5 Å². The van der Waals surface area contributed by atoms with Crippen molar-refractivity contribution >= 4 is 22.8 Å². The molecule has 1 aromatic heterocycles. The highest BCUT2D eigenvalue weighted by Gasteiger charge is 2.23. The molecule has 0 bridgehead atoms. The predicted octanol–water partition coefficient (Wildman–Crippen LogP) is 2.82. The molecule has 0 radical (unpaired) electrons. The van der Waals surface area contributed by atoms with E-state index in [1.807, 2.05) is 54.6 Å². The van der Waals surface area contributed by atoms with Gasteiger partial charge in [0.1, 0.15) is 18.9 Å². The first-order valence-corrected chi connectivity index (χ1v) is 10.1. The number of aliphatic carboxylic acids is 1. The third-order valence-corrected chi connectivity index (χ3v) is 5.06. The fourth-order valence-electron chi connectivity index (χ4n) is 3.44. The van der Waals surface area contributed by atoms with Crippen LogP contribution < -0.4 is 15.7 Å². The molecule has 3 N–H and O–H groups in total. The maximum absolute atomic E-state index is 13.0. The summed E-state index contributed by atoms with van der Waals surface area (Å²) >= 11 is 0. The lowest BCUT2D eigenvalue weighted by Crippen LogP contribution is -2.37. The largest absolute Gasteiger partial charge is 0.506 e. The number of para-hydroxylation sites is 1. The molecular weight excluding hydrogens is 424 g/mol. The number of hydrogen-bond donors (Lipinski definition) is 3. The molecule has 4 aromatic rings. The zero-order valence-corrected chi connectivity index (χ0v) is 17.4. The summed E-state index contributed by atoms with van der Waals surface area (Å²) in [5, 5.41) is 21.6. The first-order chi connectivity index (χ1) is 16.0. The number of hydrogen-bond acceptors (Lipinski definition) is 5. The third kappa shape index (κ3) is 4.54. The standard InChI is InChI=1S/C25H20N2O6/c28-21(29)14-26-24(31)22-23(30)19-8-4-5-9-20(19)27(25(22)32)33-15-16-10-12-18(13-11-16)17-6-2-1-3-7-17/h1-13,30H,14-15H2,(H,26,31)(H,28,29). The Morgan fingerprint density at radius 2 is 1.52 bits per heavy atom. The van der Waals surface area contributed by atoms with Gasteiger partial charge in [-0.25, -0.2) is 0 Å². The maximum Gasteiger partial charge on any atom is 0.322 e. The number of carbonyl (C=O) groups is 2. The summed E-state index contributed by atoms with van der Waals surface area (Å²) in [5.74, 6) is -2.82.